The molecule has 0 bridgehead atoms. The first-order valence-electron chi connectivity index (χ1n) is 11.6. The van der Waals surface area contributed by atoms with E-state index < -0.39 is 5.54 Å². The highest BCUT2D eigenvalue weighted by Crippen LogP contribution is 2.37. The van der Waals surface area contributed by atoms with E-state index in [1.807, 2.05) is 60.7 Å². The summed E-state index contributed by atoms with van der Waals surface area (Å²) < 4.78 is 0. The normalized spacial score (nSPS) is 29.0. The molecule has 2 aromatic rings. The number of rotatable bonds is 5. The summed E-state index contributed by atoms with van der Waals surface area (Å²) in [7, 11) is 0. The summed E-state index contributed by atoms with van der Waals surface area (Å²) >= 11 is 0. The van der Waals surface area contributed by atoms with Crippen LogP contribution in [0.15, 0.2) is 60.7 Å². The zero-order valence-electron chi connectivity index (χ0n) is 18.0. The predicted octanol–water partition coefficient (Wildman–Crippen LogP) is 4.29. The molecule has 5 nitrogen and oxygen atoms in total. The summed E-state index contributed by atoms with van der Waals surface area (Å²) in [4.78, 5) is 30.9. The highest BCUT2D eigenvalue weighted by Gasteiger charge is 2.53. The molecule has 0 spiro atoms. The largest absolute Gasteiger partial charge is 0.326 e. The van der Waals surface area contributed by atoms with Crippen LogP contribution < -0.4 is 5.32 Å². The number of amides is 3. The number of imide groups is 1. The summed E-state index contributed by atoms with van der Waals surface area (Å²) in [5.41, 5.74) is 0.822. The number of benzene rings is 2. The van der Waals surface area contributed by atoms with Gasteiger partial charge in [0.1, 0.15) is 0 Å². The van der Waals surface area contributed by atoms with Gasteiger partial charge in [0.2, 0.25) is 0 Å². The number of piperidine rings is 1. The minimum Gasteiger partial charge on any atom is -0.319 e. The monoisotopic (exact) mass is 417 g/mol. The first kappa shape index (κ1) is 20.3. The zero-order chi connectivity index (χ0) is 21.3. The molecule has 5 rings (SSSR count). The molecule has 2 heterocycles. The molecule has 3 fully saturated rings. The predicted molar refractivity (Wildman–Crippen MR) is 120 cm³/mol. The minimum absolute atomic E-state index is 0.134. The van der Waals surface area contributed by atoms with E-state index in [0.29, 0.717) is 25.0 Å². The average Bonchev–Trinajstić information content (AvgIpc) is 3.05. The van der Waals surface area contributed by atoms with Crippen molar-refractivity contribution in [2.75, 3.05) is 13.2 Å². The van der Waals surface area contributed by atoms with E-state index in [4.69, 9.17) is 0 Å². The quantitative estimate of drug-likeness (QED) is 0.739. The minimum atomic E-state index is -1.05. The first-order valence-corrected chi connectivity index (χ1v) is 11.6. The Morgan fingerprint density at radius 2 is 1.55 bits per heavy atom. The molecular formula is C26H31N3O2. The first-order chi connectivity index (χ1) is 15.2. The van der Waals surface area contributed by atoms with Crippen LogP contribution >= 0.6 is 0 Å². The lowest BCUT2D eigenvalue weighted by Gasteiger charge is -2.45. The second-order valence-electron chi connectivity index (χ2n) is 9.30. The maximum atomic E-state index is 13.9. The Bertz CT molecular complexity index is 930. The van der Waals surface area contributed by atoms with Gasteiger partial charge in [-0.1, -0.05) is 73.5 Å². The third-order valence-corrected chi connectivity index (χ3v) is 7.44. The van der Waals surface area contributed by atoms with Crippen molar-refractivity contribution >= 4 is 11.9 Å². The zero-order valence-corrected chi connectivity index (χ0v) is 18.0. The van der Waals surface area contributed by atoms with Crippen LogP contribution in [0.25, 0.3) is 0 Å². The third kappa shape index (κ3) is 3.76. The van der Waals surface area contributed by atoms with Crippen molar-refractivity contribution in [1.29, 1.82) is 0 Å². The van der Waals surface area contributed by atoms with Crippen LogP contribution in [0.5, 0.6) is 0 Å². The molecule has 0 radical (unpaired) electrons. The molecule has 1 N–H and O–H groups in total. The molecular weight excluding hydrogens is 386 g/mol. The molecule has 3 amide bonds. The van der Waals surface area contributed by atoms with Crippen molar-refractivity contribution in [3.8, 4) is 0 Å². The van der Waals surface area contributed by atoms with Crippen molar-refractivity contribution in [2.24, 2.45) is 5.92 Å². The number of nitrogens with one attached hydrogen (secondary N) is 1. The second kappa shape index (κ2) is 8.46. The number of carbonyl (C=O) groups is 2. The summed E-state index contributed by atoms with van der Waals surface area (Å²) in [6.45, 7) is 1.37. The van der Waals surface area contributed by atoms with E-state index in [1.165, 1.54) is 37.0 Å². The molecule has 3 aliphatic rings. The molecule has 5 heteroatoms. The van der Waals surface area contributed by atoms with E-state index in [1.54, 1.807) is 0 Å². The van der Waals surface area contributed by atoms with E-state index in [-0.39, 0.29) is 11.9 Å². The van der Waals surface area contributed by atoms with Crippen molar-refractivity contribution in [3.05, 3.63) is 71.8 Å². The number of fused-ring (bicyclic) bond motifs is 1. The lowest BCUT2D eigenvalue weighted by Crippen LogP contribution is -2.53. The summed E-state index contributed by atoms with van der Waals surface area (Å²) in [6.07, 6.45) is 7.91. The number of likely N-dealkylation sites (tertiary alicyclic amines) is 1. The topological polar surface area (TPSA) is 52.7 Å². The molecule has 1 aliphatic carbocycles. The Morgan fingerprint density at radius 3 is 2.32 bits per heavy atom. The highest BCUT2D eigenvalue weighted by molar-refractivity contribution is 6.07. The van der Waals surface area contributed by atoms with Crippen molar-refractivity contribution in [2.45, 2.75) is 56.5 Å². The van der Waals surface area contributed by atoms with Crippen LogP contribution in [0, 0.1) is 5.92 Å². The Hall–Kier alpha value is -2.66. The van der Waals surface area contributed by atoms with Gasteiger partial charge in [0.15, 0.2) is 5.54 Å². The lowest BCUT2D eigenvalue weighted by atomic mass is 9.78. The molecule has 31 heavy (non-hydrogen) atoms. The van der Waals surface area contributed by atoms with Gasteiger partial charge in [0.25, 0.3) is 5.91 Å². The number of hydrogen-bond acceptors (Lipinski definition) is 3. The van der Waals surface area contributed by atoms with Crippen LogP contribution in [-0.2, 0) is 16.8 Å². The summed E-state index contributed by atoms with van der Waals surface area (Å²) in [6, 6.07) is 19.9. The van der Waals surface area contributed by atoms with Gasteiger partial charge in [-0.15, -0.1) is 0 Å². The van der Waals surface area contributed by atoms with Gasteiger partial charge < -0.3 is 5.32 Å². The smallest absolute Gasteiger partial charge is 0.319 e. The Balaban J connectivity index is 1.44. The number of hydrogen-bond donors (Lipinski definition) is 1. The molecule has 2 aromatic carbocycles. The fraction of sp³-hybridized carbons (Fsp3) is 0.462. The number of carbonyl (C=O) groups excluding carboxylic acids is 2. The van der Waals surface area contributed by atoms with Gasteiger partial charge in [-0.3, -0.25) is 9.69 Å². The van der Waals surface area contributed by atoms with Crippen LogP contribution in [0.4, 0.5) is 4.79 Å². The molecule has 2 saturated heterocycles. The fourth-order valence-electron chi connectivity index (χ4n) is 5.88. The average molecular weight is 418 g/mol. The summed E-state index contributed by atoms with van der Waals surface area (Å²) in [5, 5.41) is 3.10. The van der Waals surface area contributed by atoms with Crippen LogP contribution in [0.2, 0.25) is 0 Å². The van der Waals surface area contributed by atoms with Crippen LogP contribution in [0.3, 0.4) is 0 Å². The van der Waals surface area contributed by atoms with Crippen molar-refractivity contribution in [3.63, 3.8) is 0 Å². The Labute approximate surface area is 184 Å². The van der Waals surface area contributed by atoms with Gasteiger partial charge in [-0.05, 0) is 42.7 Å². The van der Waals surface area contributed by atoms with Gasteiger partial charge in [-0.25, -0.2) is 9.69 Å². The molecule has 0 unspecified atom stereocenters. The molecule has 162 valence electrons. The standard InChI is InChI=1S/C26H31N3O2/c30-24-26(22-14-5-2-6-15-22,18-20-10-3-1-4-11-20)27-25(31)29(24)19-28-17-9-13-21-12-7-8-16-23(21)28/h1-6,10-11,14-15,21,23H,7-9,12-13,16-19H2,(H,27,31)/t21-,23+,26+/m0/s1. The molecule has 1 saturated carbocycles. The molecule has 2 aliphatic heterocycles. The van der Waals surface area contributed by atoms with E-state index in [0.717, 1.165) is 24.1 Å². The fourth-order valence-corrected chi connectivity index (χ4v) is 5.88. The van der Waals surface area contributed by atoms with Gasteiger partial charge in [-0.2, -0.15) is 0 Å². The lowest BCUT2D eigenvalue weighted by molar-refractivity contribution is -0.134. The van der Waals surface area contributed by atoms with E-state index in [9.17, 15) is 9.59 Å². The van der Waals surface area contributed by atoms with Gasteiger partial charge >= 0.3 is 6.03 Å². The Kier molecular flexibility index (Phi) is 5.53. The SMILES string of the molecule is O=C1N[C@](Cc2ccccc2)(c2ccccc2)C(=O)N1CN1CCC[C@@H]2CCCC[C@H]21. The summed E-state index contributed by atoms with van der Waals surface area (Å²) in [5.74, 6) is 0.581. The second-order valence-corrected chi connectivity index (χ2v) is 9.30. The molecule has 0 aromatic heterocycles. The Morgan fingerprint density at radius 1 is 0.871 bits per heavy atom. The highest BCUT2D eigenvalue weighted by atomic mass is 16.2. The van der Waals surface area contributed by atoms with E-state index in [2.05, 4.69) is 10.2 Å². The van der Waals surface area contributed by atoms with Gasteiger partial charge in [0.05, 0.1) is 6.67 Å². The van der Waals surface area contributed by atoms with E-state index >= 15 is 0 Å². The maximum absolute atomic E-state index is 13.9. The van der Waals surface area contributed by atoms with Gasteiger partial charge in [0, 0.05) is 19.0 Å². The maximum Gasteiger partial charge on any atom is 0.326 e. The van der Waals surface area contributed by atoms with Crippen LogP contribution in [0.1, 0.15) is 49.7 Å². The van der Waals surface area contributed by atoms with Crippen molar-refractivity contribution in [1.82, 2.24) is 15.1 Å². The number of nitrogens with zero attached hydrogens (tertiary/aromatic N) is 2. The molecule has 3 atom stereocenters. The number of urea groups is 1. The van der Waals surface area contributed by atoms with Crippen molar-refractivity contribution < 1.29 is 9.59 Å². The van der Waals surface area contributed by atoms with Crippen LogP contribution in [-0.4, -0.2) is 41.0 Å². The third-order valence-electron chi connectivity index (χ3n) is 7.44.